The first-order chi connectivity index (χ1) is 10.4. The summed E-state index contributed by atoms with van der Waals surface area (Å²) in [5, 5.41) is 23.1. The van der Waals surface area contributed by atoms with E-state index in [2.05, 4.69) is 5.32 Å². The maximum atomic E-state index is 12.5. The smallest absolute Gasteiger partial charge is 0.281 e. The molecule has 2 amide bonds. The highest BCUT2D eigenvalue weighted by molar-refractivity contribution is 6.03. The number of fused-ring (bicyclic) bond motifs is 1. The van der Waals surface area contributed by atoms with E-state index < -0.39 is 23.8 Å². The molecule has 0 spiro atoms. The van der Waals surface area contributed by atoms with Crippen molar-refractivity contribution in [1.29, 1.82) is 0 Å². The Hall–Kier alpha value is -2.45. The number of nitrogens with two attached hydrogens (primary N) is 1. The summed E-state index contributed by atoms with van der Waals surface area (Å²) in [5.74, 6) is -4.04. The highest BCUT2D eigenvalue weighted by atomic mass is 16.5. The second-order valence-corrected chi connectivity index (χ2v) is 4.95. The number of rotatable bonds is 5. The molecule has 0 saturated carbocycles. The Labute approximate surface area is 126 Å². The molecule has 0 aromatic heterocycles. The van der Waals surface area contributed by atoms with E-state index in [1.165, 1.54) is 25.2 Å². The van der Waals surface area contributed by atoms with E-state index in [9.17, 15) is 24.6 Å². The number of nitrogens with zero attached hydrogens (tertiary/aromatic N) is 1. The molecule has 1 atom stereocenters. The quantitative estimate of drug-likeness (QED) is 0.310. The number of aldehydes is 1. The van der Waals surface area contributed by atoms with Crippen LogP contribution in [-0.2, 0) is 15.5 Å². The number of amides is 2. The largest absolute Gasteiger partial charge is 0.398 e. The van der Waals surface area contributed by atoms with Gasteiger partial charge in [-0.15, -0.1) is 0 Å². The van der Waals surface area contributed by atoms with E-state index in [0.717, 1.165) is 0 Å². The highest BCUT2D eigenvalue weighted by Gasteiger charge is 2.53. The SMILES string of the molecule is CNC(=O)C(CCC=O)N1C(=O)c2cccc(N)c2C1(O)O. The van der Waals surface area contributed by atoms with Gasteiger partial charge in [0.25, 0.3) is 11.8 Å². The first-order valence-corrected chi connectivity index (χ1v) is 6.68. The normalized spacial score (nSPS) is 17.0. The summed E-state index contributed by atoms with van der Waals surface area (Å²) in [6, 6.07) is 3.13. The zero-order valence-corrected chi connectivity index (χ0v) is 11.9. The topological polar surface area (TPSA) is 133 Å². The maximum Gasteiger partial charge on any atom is 0.281 e. The molecule has 1 aromatic carbocycles. The number of likely N-dealkylation sites (N-methyl/N-ethyl adjacent to an activating group) is 1. The summed E-state index contributed by atoms with van der Waals surface area (Å²) in [4.78, 5) is 35.7. The van der Waals surface area contributed by atoms with Crippen LogP contribution < -0.4 is 11.1 Å². The van der Waals surface area contributed by atoms with Crippen LogP contribution >= 0.6 is 0 Å². The molecule has 0 aliphatic carbocycles. The summed E-state index contributed by atoms with van der Waals surface area (Å²) in [7, 11) is 1.36. The van der Waals surface area contributed by atoms with Gasteiger partial charge in [-0.2, -0.15) is 0 Å². The Kier molecular flexibility index (Phi) is 4.16. The number of carbonyl (C=O) groups excluding carboxylic acids is 3. The molecule has 5 N–H and O–H groups in total. The van der Waals surface area contributed by atoms with Gasteiger partial charge in [-0.1, -0.05) is 6.07 Å². The van der Waals surface area contributed by atoms with Crippen molar-refractivity contribution >= 4 is 23.8 Å². The molecule has 0 saturated heterocycles. The molecule has 118 valence electrons. The molecule has 1 aromatic rings. The van der Waals surface area contributed by atoms with Crippen molar-refractivity contribution in [1.82, 2.24) is 10.2 Å². The number of anilines is 1. The van der Waals surface area contributed by atoms with Crippen molar-refractivity contribution in [2.75, 3.05) is 12.8 Å². The molecule has 8 heteroatoms. The molecular formula is C14H17N3O5. The van der Waals surface area contributed by atoms with Gasteiger partial charge in [0.05, 0.1) is 11.1 Å². The molecule has 8 nitrogen and oxygen atoms in total. The van der Waals surface area contributed by atoms with Gasteiger partial charge in [-0.05, 0) is 18.6 Å². The second-order valence-electron chi connectivity index (χ2n) is 4.95. The Morgan fingerprint density at radius 3 is 2.73 bits per heavy atom. The van der Waals surface area contributed by atoms with Gasteiger partial charge in [0.15, 0.2) is 0 Å². The summed E-state index contributed by atoms with van der Waals surface area (Å²) < 4.78 is 0. The predicted octanol–water partition coefficient (Wildman–Crippen LogP) is -1.09. The van der Waals surface area contributed by atoms with Crippen LogP contribution in [0.5, 0.6) is 0 Å². The number of hydrogen-bond acceptors (Lipinski definition) is 6. The molecule has 1 aliphatic heterocycles. The fourth-order valence-electron chi connectivity index (χ4n) is 2.64. The molecule has 1 unspecified atom stereocenters. The van der Waals surface area contributed by atoms with Gasteiger partial charge in [-0.3, -0.25) is 14.5 Å². The summed E-state index contributed by atoms with van der Waals surface area (Å²) in [6.07, 6.45) is 0.546. The zero-order valence-electron chi connectivity index (χ0n) is 11.9. The van der Waals surface area contributed by atoms with Gasteiger partial charge in [-0.25, -0.2) is 0 Å². The van der Waals surface area contributed by atoms with Crippen LogP contribution in [0.15, 0.2) is 18.2 Å². The van der Waals surface area contributed by atoms with Crippen molar-refractivity contribution in [3.63, 3.8) is 0 Å². The monoisotopic (exact) mass is 307 g/mol. The first-order valence-electron chi connectivity index (χ1n) is 6.68. The fourth-order valence-corrected chi connectivity index (χ4v) is 2.64. The van der Waals surface area contributed by atoms with Crippen molar-refractivity contribution in [3.05, 3.63) is 29.3 Å². The third-order valence-corrected chi connectivity index (χ3v) is 3.64. The van der Waals surface area contributed by atoms with E-state index in [1.807, 2.05) is 0 Å². The second kappa shape index (κ2) is 5.74. The number of aliphatic hydroxyl groups is 2. The van der Waals surface area contributed by atoms with Crippen LogP contribution in [0.1, 0.15) is 28.8 Å². The lowest BCUT2D eigenvalue weighted by Gasteiger charge is -2.34. The average Bonchev–Trinajstić information content (AvgIpc) is 2.68. The summed E-state index contributed by atoms with van der Waals surface area (Å²) in [5.41, 5.74) is 5.62. The van der Waals surface area contributed by atoms with Crippen molar-refractivity contribution in [2.24, 2.45) is 0 Å². The number of nitrogen functional groups attached to an aromatic ring is 1. The van der Waals surface area contributed by atoms with Crippen molar-refractivity contribution in [2.45, 2.75) is 24.8 Å². The number of carbonyl (C=O) groups is 3. The molecular weight excluding hydrogens is 290 g/mol. The Balaban J connectivity index is 2.51. The zero-order chi connectivity index (χ0) is 16.5. The van der Waals surface area contributed by atoms with Crippen LogP contribution in [0.25, 0.3) is 0 Å². The molecule has 1 aliphatic rings. The van der Waals surface area contributed by atoms with Crippen molar-refractivity contribution in [3.8, 4) is 0 Å². The highest BCUT2D eigenvalue weighted by Crippen LogP contribution is 2.40. The maximum absolute atomic E-state index is 12.5. The van der Waals surface area contributed by atoms with Gasteiger partial charge >= 0.3 is 0 Å². The first kappa shape index (κ1) is 15.9. The van der Waals surface area contributed by atoms with E-state index in [4.69, 9.17) is 5.73 Å². The van der Waals surface area contributed by atoms with Crippen LogP contribution in [-0.4, -0.2) is 46.3 Å². The summed E-state index contributed by atoms with van der Waals surface area (Å²) >= 11 is 0. The van der Waals surface area contributed by atoms with Gasteiger partial charge in [0, 0.05) is 19.2 Å². The summed E-state index contributed by atoms with van der Waals surface area (Å²) in [6.45, 7) is 0. The molecule has 2 rings (SSSR count). The van der Waals surface area contributed by atoms with Crippen LogP contribution in [0, 0.1) is 0 Å². The van der Waals surface area contributed by atoms with E-state index >= 15 is 0 Å². The predicted molar refractivity (Wildman–Crippen MR) is 76.3 cm³/mol. The molecule has 22 heavy (non-hydrogen) atoms. The van der Waals surface area contributed by atoms with Crippen LogP contribution in [0.2, 0.25) is 0 Å². The third kappa shape index (κ3) is 2.32. The fraction of sp³-hybridized carbons (Fsp3) is 0.357. The van der Waals surface area contributed by atoms with Crippen LogP contribution in [0.3, 0.4) is 0 Å². The minimum Gasteiger partial charge on any atom is -0.398 e. The number of hydrogen-bond donors (Lipinski definition) is 4. The minimum atomic E-state index is -2.71. The number of nitrogens with one attached hydrogen (secondary N) is 1. The van der Waals surface area contributed by atoms with Crippen molar-refractivity contribution < 1.29 is 24.6 Å². The lowest BCUT2D eigenvalue weighted by Crippen LogP contribution is -2.55. The molecule has 0 radical (unpaired) electrons. The van der Waals surface area contributed by atoms with Gasteiger partial charge in [0.2, 0.25) is 5.91 Å². The van der Waals surface area contributed by atoms with E-state index in [0.29, 0.717) is 11.2 Å². The van der Waals surface area contributed by atoms with Gasteiger partial charge < -0.3 is 26.1 Å². The average molecular weight is 307 g/mol. The molecule has 0 fully saturated rings. The van der Waals surface area contributed by atoms with E-state index in [1.54, 1.807) is 0 Å². The molecule has 0 bridgehead atoms. The Morgan fingerprint density at radius 2 is 2.18 bits per heavy atom. The standard InChI is InChI=1S/C14H17N3O5/c1-16-12(19)10(6-3-7-18)17-13(20)8-4-2-5-9(15)11(8)14(17,21)22/h2,4-5,7,10,21-22H,3,6,15H2,1H3,(H,16,19). The Bertz CT molecular complexity index is 629. The third-order valence-electron chi connectivity index (χ3n) is 3.64. The van der Waals surface area contributed by atoms with Crippen LogP contribution in [0.4, 0.5) is 5.69 Å². The molecule has 1 heterocycles. The minimum absolute atomic E-state index is 0.0101. The number of benzene rings is 1. The lowest BCUT2D eigenvalue weighted by atomic mass is 10.1. The Morgan fingerprint density at radius 1 is 1.50 bits per heavy atom. The van der Waals surface area contributed by atoms with E-state index in [-0.39, 0.29) is 29.7 Å². The lowest BCUT2D eigenvalue weighted by molar-refractivity contribution is -0.258. The van der Waals surface area contributed by atoms with Gasteiger partial charge in [0.1, 0.15) is 12.3 Å².